The fourth-order valence-electron chi connectivity index (χ4n) is 3.22. The third kappa shape index (κ3) is 2.27. The standard InChI is InChI=1S/C17H21N/c1-2-13-7-9-14(10-8-13)16-11-15-5-3-4-6-17(15)18-12-16/h3-6,11-14H,2,7-10H2,1H3. The molecule has 1 aromatic carbocycles. The molecule has 1 nitrogen and oxygen atoms in total. The average molecular weight is 239 g/mol. The second kappa shape index (κ2) is 5.09. The fraction of sp³-hybridized carbons (Fsp3) is 0.471. The largest absolute Gasteiger partial charge is 0.256 e. The van der Waals surface area contributed by atoms with Crippen molar-refractivity contribution in [2.45, 2.75) is 44.9 Å². The molecule has 0 unspecified atom stereocenters. The van der Waals surface area contributed by atoms with Gasteiger partial charge in [-0.05, 0) is 55.2 Å². The third-order valence-electron chi connectivity index (χ3n) is 4.51. The smallest absolute Gasteiger partial charge is 0.0702 e. The summed E-state index contributed by atoms with van der Waals surface area (Å²) in [6.45, 7) is 2.32. The molecule has 1 aliphatic carbocycles. The van der Waals surface area contributed by atoms with E-state index in [1.165, 1.54) is 43.1 Å². The first-order valence-corrected chi connectivity index (χ1v) is 7.21. The van der Waals surface area contributed by atoms with Crippen molar-refractivity contribution in [3.05, 3.63) is 42.1 Å². The van der Waals surface area contributed by atoms with E-state index in [0.29, 0.717) is 0 Å². The van der Waals surface area contributed by atoms with Crippen LogP contribution in [0.2, 0.25) is 0 Å². The van der Waals surface area contributed by atoms with Gasteiger partial charge in [0.25, 0.3) is 0 Å². The lowest BCUT2D eigenvalue weighted by atomic mass is 9.78. The van der Waals surface area contributed by atoms with Crippen molar-refractivity contribution in [2.24, 2.45) is 5.92 Å². The van der Waals surface area contributed by atoms with E-state index in [9.17, 15) is 0 Å². The summed E-state index contributed by atoms with van der Waals surface area (Å²) >= 11 is 0. The van der Waals surface area contributed by atoms with Gasteiger partial charge in [-0.1, -0.05) is 31.5 Å². The van der Waals surface area contributed by atoms with Crippen molar-refractivity contribution in [3.8, 4) is 0 Å². The third-order valence-corrected chi connectivity index (χ3v) is 4.51. The Kier molecular flexibility index (Phi) is 3.31. The molecule has 18 heavy (non-hydrogen) atoms. The Hall–Kier alpha value is -1.37. The normalized spacial score (nSPS) is 24.3. The quantitative estimate of drug-likeness (QED) is 0.725. The molecule has 1 fully saturated rings. The number of pyridine rings is 1. The number of hydrogen-bond acceptors (Lipinski definition) is 1. The number of hydrogen-bond donors (Lipinski definition) is 0. The molecule has 0 bridgehead atoms. The van der Waals surface area contributed by atoms with Gasteiger partial charge in [-0.15, -0.1) is 0 Å². The van der Waals surface area contributed by atoms with E-state index in [0.717, 1.165) is 17.4 Å². The Morgan fingerprint density at radius 1 is 1.11 bits per heavy atom. The Balaban J connectivity index is 1.82. The molecule has 0 aliphatic heterocycles. The van der Waals surface area contributed by atoms with E-state index in [1.54, 1.807) is 0 Å². The highest BCUT2D eigenvalue weighted by Crippen LogP contribution is 2.37. The summed E-state index contributed by atoms with van der Waals surface area (Å²) in [5.74, 6) is 1.71. The number of fused-ring (bicyclic) bond motifs is 1. The molecule has 2 aromatic rings. The maximum atomic E-state index is 4.60. The van der Waals surface area contributed by atoms with Crippen molar-refractivity contribution < 1.29 is 0 Å². The molecule has 94 valence electrons. The van der Waals surface area contributed by atoms with Crippen LogP contribution in [0.3, 0.4) is 0 Å². The fourth-order valence-corrected chi connectivity index (χ4v) is 3.22. The van der Waals surface area contributed by atoms with Gasteiger partial charge in [0.1, 0.15) is 0 Å². The van der Waals surface area contributed by atoms with E-state index in [1.807, 2.05) is 0 Å². The molecular weight excluding hydrogens is 218 g/mol. The molecule has 0 atom stereocenters. The van der Waals surface area contributed by atoms with Crippen molar-refractivity contribution in [3.63, 3.8) is 0 Å². The van der Waals surface area contributed by atoms with Crippen LogP contribution in [0, 0.1) is 5.92 Å². The van der Waals surface area contributed by atoms with Gasteiger partial charge in [0.05, 0.1) is 5.52 Å². The molecule has 0 N–H and O–H groups in total. The summed E-state index contributed by atoms with van der Waals surface area (Å²) in [5.41, 5.74) is 2.56. The minimum absolute atomic E-state index is 0.741. The van der Waals surface area contributed by atoms with Gasteiger partial charge >= 0.3 is 0 Å². The van der Waals surface area contributed by atoms with E-state index in [2.05, 4.69) is 48.4 Å². The lowest BCUT2D eigenvalue weighted by Gasteiger charge is -2.28. The van der Waals surface area contributed by atoms with E-state index in [4.69, 9.17) is 0 Å². The zero-order chi connectivity index (χ0) is 12.4. The summed E-state index contributed by atoms with van der Waals surface area (Å²) in [4.78, 5) is 4.60. The van der Waals surface area contributed by atoms with E-state index in [-0.39, 0.29) is 0 Å². The number of aromatic nitrogens is 1. The van der Waals surface area contributed by atoms with Crippen LogP contribution in [0.25, 0.3) is 10.9 Å². The van der Waals surface area contributed by atoms with Crippen LogP contribution in [0.1, 0.15) is 50.5 Å². The number of nitrogens with zero attached hydrogens (tertiary/aromatic N) is 1. The maximum Gasteiger partial charge on any atom is 0.0702 e. The lowest BCUT2D eigenvalue weighted by molar-refractivity contribution is 0.318. The number of rotatable bonds is 2. The summed E-state index contributed by atoms with van der Waals surface area (Å²) in [6.07, 6.45) is 8.93. The first-order valence-electron chi connectivity index (χ1n) is 7.21. The summed E-state index contributed by atoms with van der Waals surface area (Å²) < 4.78 is 0. The van der Waals surface area contributed by atoms with Crippen LogP contribution < -0.4 is 0 Å². The predicted molar refractivity (Wildman–Crippen MR) is 76.7 cm³/mol. The molecule has 1 aromatic heterocycles. The summed E-state index contributed by atoms with van der Waals surface area (Å²) in [6, 6.07) is 10.8. The highest BCUT2D eigenvalue weighted by atomic mass is 14.7. The highest BCUT2D eigenvalue weighted by Gasteiger charge is 2.21. The molecule has 0 spiro atoms. The van der Waals surface area contributed by atoms with Gasteiger partial charge in [-0.25, -0.2) is 0 Å². The Bertz CT molecular complexity index is 524. The van der Waals surface area contributed by atoms with Crippen LogP contribution in [0.4, 0.5) is 0 Å². The maximum absolute atomic E-state index is 4.60. The summed E-state index contributed by atoms with van der Waals surface area (Å²) in [7, 11) is 0. The second-order valence-electron chi connectivity index (χ2n) is 5.59. The van der Waals surface area contributed by atoms with Crippen LogP contribution >= 0.6 is 0 Å². The molecule has 1 saturated carbocycles. The zero-order valence-electron chi connectivity index (χ0n) is 11.1. The van der Waals surface area contributed by atoms with Crippen LogP contribution in [0.15, 0.2) is 36.5 Å². The first kappa shape index (κ1) is 11.7. The highest BCUT2D eigenvalue weighted by molar-refractivity contribution is 5.78. The van der Waals surface area contributed by atoms with Gasteiger partial charge < -0.3 is 0 Å². The molecular formula is C17H21N. The molecule has 0 amide bonds. The summed E-state index contributed by atoms with van der Waals surface area (Å²) in [5, 5.41) is 1.28. The van der Waals surface area contributed by atoms with Crippen molar-refractivity contribution in [1.82, 2.24) is 4.98 Å². The van der Waals surface area contributed by atoms with Crippen molar-refractivity contribution in [1.29, 1.82) is 0 Å². The second-order valence-corrected chi connectivity index (χ2v) is 5.59. The molecule has 0 radical (unpaired) electrons. The van der Waals surface area contributed by atoms with Gasteiger partial charge in [0, 0.05) is 11.6 Å². The Labute approximate surface area is 109 Å². The zero-order valence-corrected chi connectivity index (χ0v) is 11.1. The van der Waals surface area contributed by atoms with Crippen LogP contribution in [-0.2, 0) is 0 Å². The van der Waals surface area contributed by atoms with Gasteiger partial charge in [-0.3, -0.25) is 4.98 Å². The minimum Gasteiger partial charge on any atom is -0.256 e. The molecule has 1 aliphatic rings. The Morgan fingerprint density at radius 3 is 2.67 bits per heavy atom. The van der Waals surface area contributed by atoms with Gasteiger partial charge in [0.15, 0.2) is 0 Å². The van der Waals surface area contributed by atoms with Crippen molar-refractivity contribution >= 4 is 10.9 Å². The first-order chi connectivity index (χ1) is 8.86. The minimum atomic E-state index is 0.741. The SMILES string of the molecule is CCC1CCC(c2cnc3ccccc3c2)CC1. The van der Waals surface area contributed by atoms with Gasteiger partial charge in [0.2, 0.25) is 0 Å². The molecule has 0 saturated heterocycles. The van der Waals surface area contributed by atoms with Crippen LogP contribution in [-0.4, -0.2) is 4.98 Å². The van der Waals surface area contributed by atoms with E-state index >= 15 is 0 Å². The molecule has 1 heterocycles. The van der Waals surface area contributed by atoms with E-state index < -0.39 is 0 Å². The predicted octanol–water partition coefficient (Wildman–Crippen LogP) is 4.92. The molecule has 1 heteroatoms. The van der Waals surface area contributed by atoms with Crippen molar-refractivity contribution in [2.75, 3.05) is 0 Å². The topological polar surface area (TPSA) is 12.9 Å². The molecule has 3 rings (SSSR count). The number of benzene rings is 1. The number of para-hydroxylation sites is 1. The monoisotopic (exact) mass is 239 g/mol. The van der Waals surface area contributed by atoms with Crippen LogP contribution in [0.5, 0.6) is 0 Å². The Morgan fingerprint density at radius 2 is 1.89 bits per heavy atom. The average Bonchev–Trinajstić information content (AvgIpc) is 2.47. The van der Waals surface area contributed by atoms with Gasteiger partial charge in [-0.2, -0.15) is 0 Å². The lowest BCUT2D eigenvalue weighted by Crippen LogP contribution is -2.12.